The highest BCUT2D eigenvalue weighted by molar-refractivity contribution is 14.0. The zero-order chi connectivity index (χ0) is 20.1. The van der Waals surface area contributed by atoms with Crippen LogP contribution < -0.4 is 5.32 Å². The molecule has 3 heterocycles. The summed E-state index contributed by atoms with van der Waals surface area (Å²) >= 11 is 0. The van der Waals surface area contributed by atoms with Crippen molar-refractivity contribution >= 4 is 46.8 Å². The molecule has 2 saturated heterocycles. The number of carbonyl (C=O) groups is 1. The molecule has 0 radical (unpaired) electrons. The van der Waals surface area contributed by atoms with Gasteiger partial charge in [-0.25, -0.2) is 0 Å². The number of rotatable bonds is 5. The van der Waals surface area contributed by atoms with Gasteiger partial charge in [-0.2, -0.15) is 0 Å². The standard InChI is InChI=1S/C22H30N4O3.HI/c1-2-23-22(24-10-9-18-16-17-6-3-4-7-19(17)29-18)26-13-11-25(12-14-26)21(27)20-8-5-15-28-20;/h3-4,6-7,16,20H,2,5,8-15H2,1H3,(H,23,24);1H. The Morgan fingerprint density at radius 3 is 2.67 bits per heavy atom. The molecular formula is C22H31IN4O3. The number of fused-ring (bicyclic) bond motifs is 1. The molecule has 0 saturated carbocycles. The van der Waals surface area contributed by atoms with Gasteiger partial charge in [0.15, 0.2) is 5.96 Å². The molecule has 4 rings (SSSR count). The Hall–Kier alpha value is -1.81. The number of nitrogens with one attached hydrogen (secondary N) is 1. The van der Waals surface area contributed by atoms with Gasteiger partial charge in [-0.05, 0) is 31.9 Å². The summed E-state index contributed by atoms with van der Waals surface area (Å²) in [6.07, 6.45) is 2.37. The fourth-order valence-corrected chi connectivity index (χ4v) is 3.97. The van der Waals surface area contributed by atoms with Crippen molar-refractivity contribution in [3.8, 4) is 0 Å². The number of aliphatic imine (C=N–C) groups is 1. The van der Waals surface area contributed by atoms with E-state index in [1.165, 1.54) is 0 Å². The van der Waals surface area contributed by atoms with E-state index in [-0.39, 0.29) is 36.0 Å². The van der Waals surface area contributed by atoms with Crippen molar-refractivity contribution in [2.24, 2.45) is 4.99 Å². The van der Waals surface area contributed by atoms with Crippen molar-refractivity contribution in [2.45, 2.75) is 32.3 Å². The van der Waals surface area contributed by atoms with Crippen LogP contribution in [-0.2, 0) is 16.0 Å². The molecule has 0 aliphatic carbocycles. The predicted octanol–water partition coefficient (Wildman–Crippen LogP) is 2.88. The number of ether oxygens (including phenoxy) is 1. The number of piperazine rings is 1. The third-order valence-electron chi connectivity index (χ3n) is 5.53. The van der Waals surface area contributed by atoms with Crippen LogP contribution in [0.1, 0.15) is 25.5 Å². The Kier molecular flexibility index (Phi) is 8.38. The topological polar surface area (TPSA) is 70.3 Å². The van der Waals surface area contributed by atoms with Crippen LogP contribution in [0.4, 0.5) is 0 Å². The van der Waals surface area contributed by atoms with E-state index >= 15 is 0 Å². The highest BCUT2D eigenvalue weighted by Crippen LogP contribution is 2.19. The second-order valence-corrected chi connectivity index (χ2v) is 7.55. The van der Waals surface area contributed by atoms with Gasteiger partial charge in [-0.15, -0.1) is 24.0 Å². The minimum absolute atomic E-state index is 0. The number of amides is 1. The fourth-order valence-electron chi connectivity index (χ4n) is 3.97. The van der Waals surface area contributed by atoms with Gasteiger partial charge in [-0.3, -0.25) is 9.79 Å². The van der Waals surface area contributed by atoms with Crippen LogP contribution in [0, 0.1) is 0 Å². The van der Waals surface area contributed by atoms with Crippen molar-refractivity contribution in [2.75, 3.05) is 45.9 Å². The van der Waals surface area contributed by atoms with E-state index in [1.807, 2.05) is 23.1 Å². The smallest absolute Gasteiger partial charge is 0.251 e. The maximum Gasteiger partial charge on any atom is 0.251 e. The number of para-hydroxylation sites is 1. The van der Waals surface area contributed by atoms with Gasteiger partial charge in [0.25, 0.3) is 5.91 Å². The van der Waals surface area contributed by atoms with Gasteiger partial charge in [0, 0.05) is 57.7 Å². The van der Waals surface area contributed by atoms with E-state index in [4.69, 9.17) is 14.1 Å². The monoisotopic (exact) mass is 526 g/mol. The lowest BCUT2D eigenvalue weighted by atomic mass is 10.2. The first-order chi connectivity index (χ1) is 14.2. The van der Waals surface area contributed by atoms with Crippen LogP contribution in [-0.4, -0.2) is 73.6 Å². The molecule has 2 aliphatic heterocycles. The van der Waals surface area contributed by atoms with E-state index in [2.05, 4.69) is 29.3 Å². The molecule has 2 aromatic rings. The Labute approximate surface area is 194 Å². The Balaban J connectivity index is 0.00000256. The van der Waals surface area contributed by atoms with Crippen LogP contribution in [0.2, 0.25) is 0 Å². The zero-order valence-electron chi connectivity index (χ0n) is 17.5. The van der Waals surface area contributed by atoms with Gasteiger partial charge in [-0.1, -0.05) is 18.2 Å². The molecule has 2 aliphatic rings. The van der Waals surface area contributed by atoms with Crippen molar-refractivity contribution in [1.82, 2.24) is 15.1 Å². The van der Waals surface area contributed by atoms with Crippen LogP contribution in [0.25, 0.3) is 11.0 Å². The predicted molar refractivity (Wildman–Crippen MR) is 128 cm³/mol. The Morgan fingerprint density at radius 2 is 1.97 bits per heavy atom. The van der Waals surface area contributed by atoms with E-state index in [0.29, 0.717) is 26.2 Å². The van der Waals surface area contributed by atoms with Gasteiger partial charge in [0.2, 0.25) is 0 Å². The Bertz CT molecular complexity index is 822. The second kappa shape index (κ2) is 11.0. The summed E-state index contributed by atoms with van der Waals surface area (Å²) in [6, 6.07) is 10.1. The second-order valence-electron chi connectivity index (χ2n) is 7.55. The molecule has 1 N–H and O–H groups in total. The molecule has 1 aromatic heterocycles. The summed E-state index contributed by atoms with van der Waals surface area (Å²) < 4.78 is 11.4. The average molecular weight is 526 g/mol. The Morgan fingerprint density at radius 1 is 1.20 bits per heavy atom. The summed E-state index contributed by atoms with van der Waals surface area (Å²) in [4.78, 5) is 21.5. The quantitative estimate of drug-likeness (QED) is 0.369. The molecule has 1 aromatic carbocycles. The fraction of sp³-hybridized carbons (Fsp3) is 0.545. The molecule has 1 unspecified atom stereocenters. The molecule has 0 bridgehead atoms. The van der Waals surface area contributed by atoms with Crippen LogP contribution >= 0.6 is 24.0 Å². The van der Waals surface area contributed by atoms with Crippen molar-refractivity contribution in [3.63, 3.8) is 0 Å². The highest BCUT2D eigenvalue weighted by Gasteiger charge is 2.30. The lowest BCUT2D eigenvalue weighted by Crippen LogP contribution is -2.55. The average Bonchev–Trinajstić information content (AvgIpc) is 3.42. The number of carbonyl (C=O) groups excluding carboxylic acids is 1. The molecule has 30 heavy (non-hydrogen) atoms. The zero-order valence-corrected chi connectivity index (χ0v) is 19.8. The first kappa shape index (κ1) is 22.9. The number of benzene rings is 1. The van der Waals surface area contributed by atoms with Crippen molar-refractivity contribution in [1.29, 1.82) is 0 Å². The van der Waals surface area contributed by atoms with Crippen molar-refractivity contribution in [3.05, 3.63) is 36.1 Å². The number of hydrogen-bond donors (Lipinski definition) is 1. The first-order valence-corrected chi connectivity index (χ1v) is 10.7. The van der Waals surface area contributed by atoms with E-state index in [9.17, 15) is 4.79 Å². The van der Waals surface area contributed by atoms with Gasteiger partial charge in [0.1, 0.15) is 17.4 Å². The normalized spacial score (nSPS) is 19.8. The lowest BCUT2D eigenvalue weighted by Gasteiger charge is -2.37. The van der Waals surface area contributed by atoms with Crippen LogP contribution in [0.5, 0.6) is 0 Å². The maximum atomic E-state index is 12.5. The van der Waals surface area contributed by atoms with Gasteiger partial charge < -0.3 is 24.3 Å². The third-order valence-corrected chi connectivity index (χ3v) is 5.53. The van der Waals surface area contributed by atoms with Gasteiger partial charge >= 0.3 is 0 Å². The summed E-state index contributed by atoms with van der Waals surface area (Å²) in [6.45, 7) is 7.27. The molecular weight excluding hydrogens is 495 g/mol. The van der Waals surface area contributed by atoms with Crippen LogP contribution in [0.15, 0.2) is 39.7 Å². The van der Waals surface area contributed by atoms with Crippen molar-refractivity contribution < 1.29 is 13.9 Å². The lowest BCUT2D eigenvalue weighted by molar-refractivity contribution is -0.142. The van der Waals surface area contributed by atoms with E-state index in [0.717, 1.165) is 61.6 Å². The maximum absolute atomic E-state index is 12.5. The molecule has 164 valence electrons. The largest absolute Gasteiger partial charge is 0.461 e. The first-order valence-electron chi connectivity index (χ1n) is 10.7. The number of guanidine groups is 1. The molecule has 1 atom stereocenters. The SMILES string of the molecule is CCNC(=NCCc1cc2ccccc2o1)N1CCN(C(=O)C2CCCO2)CC1.I. The van der Waals surface area contributed by atoms with Gasteiger partial charge in [0.05, 0.1) is 0 Å². The molecule has 1 amide bonds. The number of nitrogens with zero attached hydrogens (tertiary/aromatic N) is 3. The summed E-state index contributed by atoms with van der Waals surface area (Å²) in [7, 11) is 0. The number of furan rings is 1. The molecule has 2 fully saturated rings. The summed E-state index contributed by atoms with van der Waals surface area (Å²) in [5, 5.41) is 4.51. The highest BCUT2D eigenvalue weighted by atomic mass is 127. The van der Waals surface area contributed by atoms with E-state index < -0.39 is 0 Å². The third kappa shape index (κ3) is 5.46. The summed E-state index contributed by atoms with van der Waals surface area (Å²) in [5.41, 5.74) is 0.922. The number of hydrogen-bond acceptors (Lipinski definition) is 4. The summed E-state index contributed by atoms with van der Waals surface area (Å²) in [5.74, 6) is 2.01. The number of halogens is 1. The van der Waals surface area contributed by atoms with Crippen LogP contribution in [0.3, 0.4) is 0 Å². The van der Waals surface area contributed by atoms with E-state index in [1.54, 1.807) is 0 Å². The minimum atomic E-state index is -0.229. The molecule has 7 nitrogen and oxygen atoms in total. The minimum Gasteiger partial charge on any atom is -0.461 e. The molecule has 8 heteroatoms. The molecule has 0 spiro atoms.